The summed E-state index contributed by atoms with van der Waals surface area (Å²) in [5, 5.41) is 2.40. The second-order valence-corrected chi connectivity index (χ2v) is 8.50. The second kappa shape index (κ2) is 8.46. The molecule has 0 fully saturated rings. The third kappa shape index (κ3) is 4.58. The topological polar surface area (TPSA) is 41.9 Å². The molecule has 3 unspecified atom stereocenters. The summed E-state index contributed by atoms with van der Waals surface area (Å²) in [6.07, 6.45) is -7.19. The zero-order valence-corrected chi connectivity index (χ0v) is 18.2. The van der Waals surface area contributed by atoms with Crippen molar-refractivity contribution in [3.63, 3.8) is 0 Å². The molecule has 13 heteroatoms. The van der Waals surface area contributed by atoms with Crippen molar-refractivity contribution in [2.45, 2.75) is 35.8 Å². The highest BCUT2D eigenvalue weighted by atomic mass is 35.5. The molecule has 1 aliphatic heterocycles. The summed E-state index contributed by atoms with van der Waals surface area (Å²) in [6.45, 7) is 0. The van der Waals surface area contributed by atoms with E-state index in [-0.39, 0.29) is 21.3 Å². The summed E-state index contributed by atoms with van der Waals surface area (Å²) in [4.78, 5) is 16.8. The van der Waals surface area contributed by atoms with E-state index in [4.69, 9.17) is 39.6 Å². The number of alkyl halides is 7. The van der Waals surface area contributed by atoms with Crippen molar-refractivity contribution < 1.29 is 36.0 Å². The first kappa shape index (κ1) is 24.7. The number of benzene rings is 1. The zero-order valence-electron chi connectivity index (χ0n) is 15.9. The lowest BCUT2D eigenvalue weighted by molar-refractivity contribution is -0.275. The van der Waals surface area contributed by atoms with Crippen molar-refractivity contribution >= 4 is 46.4 Å². The first-order valence-corrected chi connectivity index (χ1v) is 10.0. The van der Waals surface area contributed by atoms with Gasteiger partial charge in [0.05, 0.1) is 17.1 Å². The molecule has 0 aromatic heterocycles. The Morgan fingerprint density at radius 1 is 1.16 bits per heavy atom. The number of carbonyl (C=O) groups excluding carboxylic acids is 1. The minimum atomic E-state index is -5.15. The molecule has 0 spiro atoms. The van der Waals surface area contributed by atoms with Crippen LogP contribution in [-0.4, -0.2) is 47.3 Å². The molecule has 0 radical (unpaired) electrons. The molecule has 4 nitrogen and oxygen atoms in total. The van der Waals surface area contributed by atoms with Crippen molar-refractivity contribution in [3.8, 4) is 0 Å². The predicted octanol–water partition coefficient (Wildman–Crippen LogP) is 6.02. The average molecular weight is 522 g/mol. The fraction of sp³-hybridized carbons (Fsp3) is 0.368. The average Bonchev–Trinajstić information content (AvgIpc) is 3.12. The van der Waals surface area contributed by atoms with Gasteiger partial charge in [-0.3, -0.25) is 4.79 Å². The third-order valence-corrected chi connectivity index (χ3v) is 5.83. The largest absolute Gasteiger partial charge is 0.471 e. The van der Waals surface area contributed by atoms with Gasteiger partial charge in [-0.1, -0.05) is 46.6 Å². The number of halogens is 9. The fourth-order valence-electron chi connectivity index (χ4n) is 3.34. The van der Waals surface area contributed by atoms with Gasteiger partial charge in [-0.2, -0.15) is 26.3 Å². The molecule has 1 aromatic rings. The van der Waals surface area contributed by atoms with E-state index in [1.807, 2.05) is 0 Å². The number of allylic oxidation sites excluding steroid dienone is 2. The summed E-state index contributed by atoms with van der Waals surface area (Å²) in [5.74, 6) is -2.15. The minimum absolute atomic E-state index is 0.0352. The Morgan fingerprint density at radius 2 is 1.75 bits per heavy atom. The van der Waals surface area contributed by atoms with Gasteiger partial charge in [0.2, 0.25) is 0 Å². The molecule has 0 N–H and O–H groups in total. The highest BCUT2D eigenvalue weighted by Crippen LogP contribution is 2.50. The van der Waals surface area contributed by atoms with E-state index < -0.39 is 47.3 Å². The normalized spacial score (nSPS) is 25.8. The van der Waals surface area contributed by atoms with Crippen LogP contribution in [0.2, 0.25) is 10.0 Å². The molecule has 1 heterocycles. The van der Waals surface area contributed by atoms with Gasteiger partial charge < -0.3 is 9.74 Å². The van der Waals surface area contributed by atoms with Crippen molar-refractivity contribution in [1.29, 1.82) is 0 Å². The van der Waals surface area contributed by atoms with Gasteiger partial charge in [-0.05, 0) is 23.8 Å². The van der Waals surface area contributed by atoms with E-state index in [0.29, 0.717) is 4.90 Å². The van der Waals surface area contributed by atoms with Gasteiger partial charge >= 0.3 is 18.3 Å². The van der Waals surface area contributed by atoms with Crippen LogP contribution in [0.1, 0.15) is 12.0 Å². The van der Waals surface area contributed by atoms with Crippen molar-refractivity contribution in [2.24, 2.45) is 5.16 Å². The van der Waals surface area contributed by atoms with Gasteiger partial charge in [-0.25, -0.2) is 0 Å². The van der Waals surface area contributed by atoms with Crippen LogP contribution in [0.25, 0.3) is 0 Å². The molecule has 0 bridgehead atoms. The summed E-state index contributed by atoms with van der Waals surface area (Å²) >= 11 is 17.7. The highest BCUT2D eigenvalue weighted by molar-refractivity contribution is 6.34. The molecule has 2 aliphatic rings. The van der Waals surface area contributed by atoms with Gasteiger partial charge in [0, 0.05) is 29.1 Å². The van der Waals surface area contributed by atoms with E-state index in [0.717, 1.165) is 25.3 Å². The number of likely N-dealkylation sites (N-methyl/N-ethyl adjacent to an activating group) is 1. The maximum absolute atomic E-state index is 14.1. The molecule has 3 rings (SSSR count). The minimum Gasteiger partial charge on any atom is -0.374 e. The zero-order chi connectivity index (χ0) is 24.1. The SMILES string of the molecule is CN(C(=O)C(F)(F)F)C1C=C(C2=NOC(c3cc(Cl)cc(Cl)c3)(C(F)(F)F)C2)C=CC1Cl. The Labute approximate surface area is 193 Å². The first-order valence-electron chi connectivity index (χ1n) is 8.82. The number of hydrogen-bond donors (Lipinski definition) is 0. The number of rotatable bonds is 3. The Balaban J connectivity index is 1.95. The van der Waals surface area contributed by atoms with E-state index in [1.54, 1.807) is 0 Å². The van der Waals surface area contributed by atoms with Crippen molar-refractivity contribution in [3.05, 3.63) is 57.6 Å². The molecule has 1 amide bonds. The molecule has 0 saturated carbocycles. The van der Waals surface area contributed by atoms with Crippen LogP contribution < -0.4 is 0 Å². The fourth-order valence-corrected chi connectivity index (χ4v) is 4.18. The first-order chi connectivity index (χ1) is 14.7. The van der Waals surface area contributed by atoms with E-state index >= 15 is 0 Å². The molecule has 174 valence electrons. The van der Waals surface area contributed by atoms with Gasteiger partial charge in [-0.15, -0.1) is 11.6 Å². The number of hydrogen-bond acceptors (Lipinski definition) is 3. The van der Waals surface area contributed by atoms with Crippen LogP contribution in [0.4, 0.5) is 26.3 Å². The lowest BCUT2D eigenvalue weighted by Crippen LogP contribution is -2.48. The van der Waals surface area contributed by atoms with Crippen LogP contribution in [0.15, 0.2) is 47.2 Å². The summed E-state index contributed by atoms with van der Waals surface area (Å²) in [5.41, 5.74) is -3.46. The summed E-state index contributed by atoms with van der Waals surface area (Å²) < 4.78 is 80.7. The van der Waals surface area contributed by atoms with Crippen LogP contribution in [0, 0.1) is 0 Å². The maximum atomic E-state index is 14.1. The second-order valence-electron chi connectivity index (χ2n) is 7.12. The van der Waals surface area contributed by atoms with Crippen molar-refractivity contribution in [1.82, 2.24) is 4.90 Å². The molecular weight excluding hydrogens is 509 g/mol. The molecule has 0 saturated heterocycles. The highest BCUT2D eigenvalue weighted by Gasteiger charge is 2.62. The summed E-state index contributed by atoms with van der Waals surface area (Å²) in [7, 11) is 0.893. The number of oxime groups is 1. The molecule has 1 aromatic carbocycles. The Hall–Kier alpha value is -1.91. The van der Waals surface area contributed by atoms with Crippen LogP contribution in [0.5, 0.6) is 0 Å². The van der Waals surface area contributed by atoms with Crippen LogP contribution in [0.3, 0.4) is 0 Å². The predicted molar refractivity (Wildman–Crippen MR) is 107 cm³/mol. The maximum Gasteiger partial charge on any atom is 0.471 e. The van der Waals surface area contributed by atoms with Crippen LogP contribution >= 0.6 is 34.8 Å². The van der Waals surface area contributed by atoms with E-state index in [1.165, 1.54) is 18.2 Å². The molecule has 3 atom stereocenters. The monoisotopic (exact) mass is 520 g/mol. The lowest BCUT2D eigenvalue weighted by Gasteiger charge is -2.31. The quantitative estimate of drug-likeness (QED) is 0.361. The van der Waals surface area contributed by atoms with E-state index in [9.17, 15) is 31.1 Å². The molecule has 32 heavy (non-hydrogen) atoms. The third-order valence-electron chi connectivity index (χ3n) is 4.99. The Kier molecular flexibility index (Phi) is 6.54. The van der Waals surface area contributed by atoms with Gasteiger partial charge in [0.15, 0.2) is 0 Å². The van der Waals surface area contributed by atoms with Crippen molar-refractivity contribution in [2.75, 3.05) is 7.05 Å². The number of nitrogens with zero attached hydrogens (tertiary/aromatic N) is 2. The molecule has 1 aliphatic carbocycles. The molecular formula is C19H13Cl3F6N2O2. The summed E-state index contributed by atoms with van der Waals surface area (Å²) in [6, 6.07) is 2.05. The van der Waals surface area contributed by atoms with Gasteiger partial charge in [0.1, 0.15) is 0 Å². The lowest BCUT2D eigenvalue weighted by atomic mass is 9.85. The van der Waals surface area contributed by atoms with E-state index in [2.05, 4.69) is 5.16 Å². The van der Waals surface area contributed by atoms with Crippen LogP contribution in [-0.2, 0) is 15.2 Å². The number of amides is 1. The standard InChI is InChI=1S/C19H13Cl3F6N2O2/c1-30(16(31)18(23,24)25)15-4-9(2-3-13(15)22)14-8-17(32-29-14,19(26,27)28)10-5-11(20)7-12(21)6-10/h2-7,13,15H,8H2,1H3. The Morgan fingerprint density at radius 3 is 2.28 bits per heavy atom. The van der Waals surface area contributed by atoms with Gasteiger partial charge in [0.25, 0.3) is 5.60 Å². The Bertz CT molecular complexity index is 1000. The number of carbonyl (C=O) groups is 1. The smallest absolute Gasteiger partial charge is 0.374 e.